The molecule has 2 fully saturated rings. The van der Waals surface area contributed by atoms with Crippen molar-refractivity contribution in [2.24, 2.45) is 5.92 Å². The molecule has 0 aromatic heterocycles. The third-order valence-corrected chi connectivity index (χ3v) is 5.95. The van der Waals surface area contributed by atoms with Crippen LogP contribution >= 0.6 is 0 Å². The zero-order chi connectivity index (χ0) is 13.0. The first-order valence-corrected chi connectivity index (χ1v) is 8.63. The minimum absolute atomic E-state index is 0.224. The van der Waals surface area contributed by atoms with Crippen LogP contribution in [0.4, 0.5) is 0 Å². The lowest BCUT2D eigenvalue weighted by atomic mass is 9.97. The van der Waals surface area contributed by atoms with E-state index in [1.807, 2.05) is 0 Å². The Morgan fingerprint density at radius 1 is 1.11 bits per heavy atom. The second-order valence-corrected chi connectivity index (χ2v) is 7.55. The summed E-state index contributed by atoms with van der Waals surface area (Å²) in [7, 11) is -2.98. The van der Waals surface area contributed by atoms with Gasteiger partial charge in [-0.25, -0.2) is 8.42 Å². The minimum Gasteiger partial charge on any atom is -0.317 e. The van der Waals surface area contributed by atoms with Crippen LogP contribution in [0.3, 0.4) is 0 Å². The lowest BCUT2D eigenvalue weighted by molar-refractivity contribution is 0.152. The SMILES string of the molecule is CCS(=O)(=O)N1CCN(CC2CCNCC2)CC1. The molecule has 2 aliphatic rings. The normalized spacial score (nSPS) is 25.4. The third-order valence-electron chi connectivity index (χ3n) is 4.06. The van der Waals surface area contributed by atoms with Gasteiger partial charge in [0.05, 0.1) is 5.75 Å². The van der Waals surface area contributed by atoms with Crippen LogP contribution in [0.2, 0.25) is 0 Å². The highest BCUT2D eigenvalue weighted by atomic mass is 32.2. The monoisotopic (exact) mass is 275 g/mol. The standard InChI is InChI=1S/C12H25N3O2S/c1-2-18(16,17)15-9-7-14(8-10-15)11-12-3-5-13-6-4-12/h12-13H,2-11H2,1H3. The van der Waals surface area contributed by atoms with Gasteiger partial charge in [-0.15, -0.1) is 0 Å². The van der Waals surface area contributed by atoms with E-state index in [9.17, 15) is 8.42 Å². The van der Waals surface area contributed by atoms with Crippen LogP contribution in [0, 0.1) is 5.92 Å². The summed E-state index contributed by atoms with van der Waals surface area (Å²) in [6, 6.07) is 0. The predicted molar refractivity (Wildman–Crippen MR) is 73.1 cm³/mol. The lowest BCUT2D eigenvalue weighted by Crippen LogP contribution is -2.50. The Labute approximate surface area is 111 Å². The minimum atomic E-state index is -2.98. The topological polar surface area (TPSA) is 52.7 Å². The van der Waals surface area contributed by atoms with Crippen molar-refractivity contribution in [3.8, 4) is 0 Å². The van der Waals surface area contributed by atoms with Crippen LogP contribution < -0.4 is 5.32 Å². The molecule has 0 saturated carbocycles. The first-order valence-electron chi connectivity index (χ1n) is 7.02. The highest BCUT2D eigenvalue weighted by Gasteiger charge is 2.26. The van der Waals surface area contributed by atoms with Crippen LogP contribution in [-0.2, 0) is 10.0 Å². The fourth-order valence-corrected chi connectivity index (χ4v) is 3.89. The van der Waals surface area contributed by atoms with Gasteiger partial charge in [-0.05, 0) is 38.8 Å². The van der Waals surface area contributed by atoms with E-state index in [0.29, 0.717) is 13.1 Å². The molecule has 2 heterocycles. The fraction of sp³-hybridized carbons (Fsp3) is 1.00. The number of sulfonamides is 1. The summed E-state index contributed by atoms with van der Waals surface area (Å²) in [5, 5.41) is 3.38. The molecule has 18 heavy (non-hydrogen) atoms. The molecule has 2 saturated heterocycles. The molecule has 0 unspecified atom stereocenters. The molecule has 106 valence electrons. The summed E-state index contributed by atoms with van der Waals surface area (Å²) in [4.78, 5) is 2.43. The van der Waals surface area contributed by atoms with Gasteiger partial charge in [-0.2, -0.15) is 4.31 Å². The molecule has 0 aliphatic carbocycles. The van der Waals surface area contributed by atoms with Crippen molar-refractivity contribution in [2.45, 2.75) is 19.8 Å². The first-order chi connectivity index (χ1) is 8.62. The number of piperazine rings is 1. The smallest absolute Gasteiger partial charge is 0.213 e. The molecule has 5 nitrogen and oxygen atoms in total. The summed E-state index contributed by atoms with van der Waals surface area (Å²) in [6.45, 7) is 8.25. The Morgan fingerprint density at radius 2 is 1.72 bits per heavy atom. The summed E-state index contributed by atoms with van der Waals surface area (Å²) in [5.74, 6) is 1.02. The fourth-order valence-electron chi connectivity index (χ4n) is 2.80. The van der Waals surface area contributed by atoms with E-state index in [1.165, 1.54) is 12.8 Å². The van der Waals surface area contributed by atoms with E-state index in [1.54, 1.807) is 11.2 Å². The average Bonchev–Trinajstić information content (AvgIpc) is 2.40. The molecule has 2 aliphatic heterocycles. The van der Waals surface area contributed by atoms with Gasteiger partial charge in [0.25, 0.3) is 0 Å². The van der Waals surface area contributed by atoms with Crippen molar-refractivity contribution >= 4 is 10.0 Å². The van der Waals surface area contributed by atoms with E-state index in [4.69, 9.17) is 0 Å². The van der Waals surface area contributed by atoms with Crippen molar-refractivity contribution in [2.75, 3.05) is 51.6 Å². The van der Waals surface area contributed by atoms with Crippen LogP contribution in [0.1, 0.15) is 19.8 Å². The number of hydrogen-bond donors (Lipinski definition) is 1. The molecule has 0 radical (unpaired) electrons. The molecule has 2 rings (SSSR count). The van der Waals surface area contributed by atoms with Gasteiger partial charge in [0.15, 0.2) is 0 Å². The lowest BCUT2D eigenvalue weighted by Gasteiger charge is -2.36. The molecular weight excluding hydrogens is 250 g/mol. The molecule has 0 amide bonds. The average molecular weight is 275 g/mol. The van der Waals surface area contributed by atoms with Crippen LogP contribution in [0.15, 0.2) is 0 Å². The first kappa shape index (κ1) is 14.2. The van der Waals surface area contributed by atoms with Gasteiger partial charge in [0.1, 0.15) is 0 Å². The van der Waals surface area contributed by atoms with Crippen LogP contribution in [0.25, 0.3) is 0 Å². The quantitative estimate of drug-likeness (QED) is 0.782. The molecule has 0 aromatic rings. The van der Waals surface area contributed by atoms with Gasteiger partial charge in [0.2, 0.25) is 10.0 Å². The Bertz CT molecular complexity index is 344. The summed E-state index contributed by atoms with van der Waals surface area (Å²) in [5.41, 5.74) is 0. The Morgan fingerprint density at radius 3 is 2.28 bits per heavy atom. The van der Waals surface area contributed by atoms with Crippen LogP contribution in [-0.4, -0.2) is 69.2 Å². The molecular formula is C12H25N3O2S. The molecule has 0 spiro atoms. The van der Waals surface area contributed by atoms with Gasteiger partial charge >= 0.3 is 0 Å². The van der Waals surface area contributed by atoms with E-state index in [0.717, 1.165) is 38.6 Å². The zero-order valence-electron chi connectivity index (χ0n) is 11.3. The number of piperidine rings is 1. The molecule has 0 atom stereocenters. The third kappa shape index (κ3) is 3.66. The number of hydrogen-bond acceptors (Lipinski definition) is 4. The van der Waals surface area contributed by atoms with E-state index < -0.39 is 10.0 Å². The van der Waals surface area contributed by atoms with Crippen molar-refractivity contribution < 1.29 is 8.42 Å². The van der Waals surface area contributed by atoms with E-state index in [2.05, 4.69) is 10.2 Å². The Hall–Kier alpha value is -0.170. The van der Waals surface area contributed by atoms with Crippen molar-refractivity contribution in [1.29, 1.82) is 0 Å². The largest absolute Gasteiger partial charge is 0.317 e. The van der Waals surface area contributed by atoms with Gasteiger partial charge in [-0.1, -0.05) is 0 Å². The van der Waals surface area contributed by atoms with Gasteiger partial charge in [0, 0.05) is 32.7 Å². The van der Waals surface area contributed by atoms with Crippen molar-refractivity contribution in [3.05, 3.63) is 0 Å². The number of rotatable bonds is 4. The van der Waals surface area contributed by atoms with Gasteiger partial charge < -0.3 is 10.2 Å². The summed E-state index contributed by atoms with van der Waals surface area (Å²) in [6.07, 6.45) is 2.51. The zero-order valence-corrected chi connectivity index (χ0v) is 12.1. The highest BCUT2D eigenvalue weighted by Crippen LogP contribution is 2.15. The molecule has 0 aromatic carbocycles. The Balaban J connectivity index is 1.76. The van der Waals surface area contributed by atoms with Crippen LogP contribution in [0.5, 0.6) is 0 Å². The maximum absolute atomic E-state index is 11.8. The number of nitrogens with zero attached hydrogens (tertiary/aromatic N) is 2. The second kappa shape index (κ2) is 6.32. The molecule has 1 N–H and O–H groups in total. The van der Waals surface area contributed by atoms with Crippen molar-refractivity contribution in [3.63, 3.8) is 0 Å². The maximum Gasteiger partial charge on any atom is 0.213 e. The van der Waals surface area contributed by atoms with E-state index >= 15 is 0 Å². The maximum atomic E-state index is 11.8. The van der Waals surface area contributed by atoms with E-state index in [-0.39, 0.29) is 5.75 Å². The Kier molecular flexibility index (Phi) is 5.00. The number of nitrogens with one attached hydrogen (secondary N) is 1. The molecule has 6 heteroatoms. The van der Waals surface area contributed by atoms with Crippen molar-refractivity contribution in [1.82, 2.24) is 14.5 Å². The summed E-state index contributed by atoms with van der Waals surface area (Å²) < 4.78 is 25.1. The van der Waals surface area contributed by atoms with Gasteiger partial charge in [-0.3, -0.25) is 0 Å². The molecule has 0 bridgehead atoms. The highest BCUT2D eigenvalue weighted by molar-refractivity contribution is 7.89. The second-order valence-electron chi connectivity index (χ2n) is 5.29. The predicted octanol–water partition coefficient (Wildman–Crippen LogP) is -0.0467. The summed E-state index contributed by atoms with van der Waals surface area (Å²) >= 11 is 0.